The molecule has 0 aromatic heterocycles. The summed E-state index contributed by atoms with van der Waals surface area (Å²) in [5.74, 6) is -0.932. The second-order valence-electron chi connectivity index (χ2n) is 8.03. The minimum atomic E-state index is -0.778. The van der Waals surface area contributed by atoms with Gasteiger partial charge in [-0.25, -0.2) is 8.78 Å². The first kappa shape index (κ1) is 22.1. The van der Waals surface area contributed by atoms with Crippen LogP contribution in [0, 0.1) is 11.6 Å². The first-order chi connectivity index (χ1) is 14.4. The van der Waals surface area contributed by atoms with Crippen LogP contribution >= 0.6 is 0 Å². The second-order valence-corrected chi connectivity index (χ2v) is 8.03. The Balaban J connectivity index is 1.88. The lowest BCUT2D eigenvalue weighted by Gasteiger charge is -2.38. The number of benzene rings is 3. The van der Waals surface area contributed by atoms with Gasteiger partial charge in [-0.05, 0) is 47.9 Å². The molecule has 4 heteroatoms. The van der Waals surface area contributed by atoms with Crippen LogP contribution in [-0.2, 0) is 18.4 Å². The highest BCUT2D eigenvalue weighted by atomic mass is 19.1. The van der Waals surface area contributed by atoms with Crippen LogP contribution in [0.4, 0.5) is 8.78 Å². The number of aliphatic hydroxyl groups excluding tert-OH is 1. The lowest BCUT2D eigenvalue weighted by atomic mass is 9.72. The second kappa shape index (κ2) is 9.96. The zero-order chi connectivity index (χ0) is 21.6. The van der Waals surface area contributed by atoms with Crippen LogP contribution in [0.25, 0.3) is 0 Å². The van der Waals surface area contributed by atoms with Crippen molar-refractivity contribution in [3.8, 4) is 0 Å². The fraction of sp³-hybridized carbons (Fsp3) is 0.308. The van der Waals surface area contributed by atoms with E-state index in [1.54, 1.807) is 0 Å². The van der Waals surface area contributed by atoms with Crippen molar-refractivity contribution in [3.05, 3.63) is 107 Å². The average molecular weight is 410 g/mol. The van der Waals surface area contributed by atoms with Crippen LogP contribution in [0.2, 0.25) is 0 Å². The van der Waals surface area contributed by atoms with E-state index < -0.39 is 23.2 Å². The summed E-state index contributed by atoms with van der Waals surface area (Å²) in [6.07, 6.45) is -0.573. The lowest BCUT2D eigenvalue weighted by molar-refractivity contribution is 0.0481. The molecule has 0 aliphatic carbocycles. The van der Waals surface area contributed by atoms with E-state index in [4.69, 9.17) is 0 Å². The van der Waals surface area contributed by atoms with Gasteiger partial charge >= 0.3 is 0 Å². The molecule has 0 saturated heterocycles. The van der Waals surface area contributed by atoms with Gasteiger partial charge in [0.2, 0.25) is 0 Å². The summed E-state index contributed by atoms with van der Waals surface area (Å²) in [5, 5.41) is 11.4. The first-order valence-electron chi connectivity index (χ1n) is 10.4. The third-order valence-electron chi connectivity index (χ3n) is 5.86. The maximum absolute atomic E-state index is 14.4. The quantitative estimate of drug-likeness (QED) is 0.515. The molecule has 2 nitrogen and oxygen atoms in total. The molecule has 0 radical (unpaired) electrons. The summed E-state index contributed by atoms with van der Waals surface area (Å²) in [6, 6.07) is 23.2. The molecule has 0 heterocycles. The largest absolute Gasteiger partial charge is 0.391 e. The lowest BCUT2D eigenvalue weighted by Crippen LogP contribution is -2.46. The molecule has 30 heavy (non-hydrogen) atoms. The molecule has 158 valence electrons. The highest BCUT2D eigenvalue weighted by molar-refractivity contribution is 5.31. The molecular weight excluding hydrogens is 380 g/mol. The number of likely N-dealkylation sites (N-methyl/N-ethyl adjacent to an activating group) is 1. The minimum Gasteiger partial charge on any atom is -0.391 e. The summed E-state index contributed by atoms with van der Waals surface area (Å²) in [4.78, 5) is 2.17. The van der Waals surface area contributed by atoms with Crippen molar-refractivity contribution in [1.82, 2.24) is 4.90 Å². The molecule has 3 aromatic rings. The van der Waals surface area contributed by atoms with Gasteiger partial charge in [0.15, 0.2) is 0 Å². The van der Waals surface area contributed by atoms with E-state index in [0.29, 0.717) is 13.1 Å². The third-order valence-corrected chi connectivity index (χ3v) is 5.86. The van der Waals surface area contributed by atoms with E-state index in [1.165, 1.54) is 11.6 Å². The first-order valence-corrected chi connectivity index (χ1v) is 10.4. The molecule has 2 unspecified atom stereocenters. The number of halogens is 2. The van der Waals surface area contributed by atoms with Gasteiger partial charge in [-0.15, -0.1) is 0 Å². The maximum atomic E-state index is 14.4. The molecule has 3 aromatic carbocycles. The van der Waals surface area contributed by atoms with Crippen molar-refractivity contribution >= 4 is 0 Å². The van der Waals surface area contributed by atoms with Crippen LogP contribution in [0.15, 0.2) is 78.9 Å². The van der Waals surface area contributed by atoms with Gasteiger partial charge in [-0.2, -0.15) is 0 Å². The smallest absolute Gasteiger partial charge is 0.126 e. The molecule has 3 rings (SSSR count). The number of rotatable bonds is 9. The topological polar surface area (TPSA) is 23.5 Å². The van der Waals surface area contributed by atoms with E-state index in [0.717, 1.165) is 24.2 Å². The molecule has 0 spiro atoms. The molecule has 0 fully saturated rings. The Labute approximate surface area is 177 Å². The predicted molar refractivity (Wildman–Crippen MR) is 117 cm³/mol. The van der Waals surface area contributed by atoms with Gasteiger partial charge in [-0.1, -0.05) is 74.5 Å². The molecule has 0 aliphatic rings. The Morgan fingerprint density at radius 3 is 2.20 bits per heavy atom. The van der Waals surface area contributed by atoms with Crippen LogP contribution in [0.3, 0.4) is 0 Å². The van der Waals surface area contributed by atoms with E-state index in [1.807, 2.05) is 55.5 Å². The van der Waals surface area contributed by atoms with Gasteiger partial charge in [0.1, 0.15) is 11.6 Å². The van der Waals surface area contributed by atoms with Crippen molar-refractivity contribution in [2.45, 2.75) is 38.3 Å². The van der Waals surface area contributed by atoms with E-state index in [-0.39, 0.29) is 12.0 Å². The normalized spacial score (nSPS) is 14.5. The summed E-state index contributed by atoms with van der Waals surface area (Å²) >= 11 is 0. The van der Waals surface area contributed by atoms with Gasteiger partial charge < -0.3 is 5.11 Å². The van der Waals surface area contributed by atoms with Gasteiger partial charge in [0.25, 0.3) is 0 Å². The zero-order valence-electron chi connectivity index (χ0n) is 17.6. The standard InChI is InChI=1S/C26H29F2NO/c1-3-29(18-20-10-6-4-7-11-20)19-25(30)26(2,22-12-8-5-9-13-22)17-21-16-23(27)14-15-24(21)28/h4-16,25,30H,3,17-19H2,1-2H3. The summed E-state index contributed by atoms with van der Waals surface area (Å²) in [5.41, 5.74) is 1.56. The SMILES string of the molecule is CCN(Cc1ccccc1)CC(O)C(C)(Cc1cc(F)ccc1F)c1ccccc1. The number of nitrogens with zero attached hydrogens (tertiary/aromatic N) is 1. The van der Waals surface area contributed by atoms with E-state index in [9.17, 15) is 13.9 Å². The minimum absolute atomic E-state index is 0.199. The number of hydrogen-bond donors (Lipinski definition) is 1. The number of hydrogen-bond acceptors (Lipinski definition) is 2. The molecule has 0 bridgehead atoms. The van der Waals surface area contributed by atoms with Gasteiger partial charge in [0.05, 0.1) is 6.10 Å². The number of aliphatic hydroxyl groups is 1. The Bertz CT molecular complexity index is 932. The zero-order valence-corrected chi connectivity index (χ0v) is 17.6. The van der Waals surface area contributed by atoms with Gasteiger partial charge in [-0.3, -0.25) is 4.90 Å². The fourth-order valence-corrected chi connectivity index (χ4v) is 3.90. The molecular formula is C26H29F2NO. The Morgan fingerprint density at radius 2 is 1.57 bits per heavy atom. The molecule has 0 aliphatic heterocycles. The predicted octanol–water partition coefficient (Wildman–Crippen LogP) is 5.35. The molecule has 1 N–H and O–H groups in total. The maximum Gasteiger partial charge on any atom is 0.126 e. The third kappa shape index (κ3) is 5.32. The van der Waals surface area contributed by atoms with Crippen LogP contribution in [0.1, 0.15) is 30.5 Å². The summed E-state index contributed by atoms with van der Waals surface area (Å²) in [6.45, 7) is 5.89. The Hall–Kier alpha value is -2.56. The Morgan fingerprint density at radius 1 is 0.933 bits per heavy atom. The highest BCUT2D eigenvalue weighted by Gasteiger charge is 2.36. The van der Waals surface area contributed by atoms with Crippen molar-refractivity contribution in [3.63, 3.8) is 0 Å². The van der Waals surface area contributed by atoms with Crippen LogP contribution < -0.4 is 0 Å². The van der Waals surface area contributed by atoms with Gasteiger partial charge in [0, 0.05) is 18.5 Å². The van der Waals surface area contributed by atoms with Crippen molar-refractivity contribution in [2.75, 3.05) is 13.1 Å². The van der Waals surface area contributed by atoms with E-state index in [2.05, 4.69) is 24.0 Å². The van der Waals surface area contributed by atoms with Crippen molar-refractivity contribution < 1.29 is 13.9 Å². The Kier molecular flexibility index (Phi) is 7.35. The fourth-order valence-electron chi connectivity index (χ4n) is 3.90. The van der Waals surface area contributed by atoms with Crippen LogP contribution in [-0.4, -0.2) is 29.2 Å². The van der Waals surface area contributed by atoms with Crippen molar-refractivity contribution in [1.29, 1.82) is 0 Å². The monoisotopic (exact) mass is 409 g/mol. The van der Waals surface area contributed by atoms with Crippen LogP contribution in [0.5, 0.6) is 0 Å². The van der Waals surface area contributed by atoms with E-state index >= 15 is 0 Å². The highest BCUT2D eigenvalue weighted by Crippen LogP contribution is 2.33. The molecule has 0 amide bonds. The summed E-state index contributed by atoms with van der Waals surface area (Å²) < 4.78 is 28.2. The molecule has 2 atom stereocenters. The van der Waals surface area contributed by atoms with Crippen molar-refractivity contribution in [2.24, 2.45) is 0 Å². The molecule has 0 saturated carbocycles. The average Bonchev–Trinajstić information content (AvgIpc) is 2.77. The summed E-state index contributed by atoms with van der Waals surface area (Å²) in [7, 11) is 0.